The second kappa shape index (κ2) is 12.1. The smallest absolute Gasteiger partial charge is 0.219 e. The van der Waals surface area contributed by atoms with Gasteiger partial charge in [0.05, 0.1) is 13.2 Å². The molecule has 36 heavy (non-hydrogen) atoms. The SMILES string of the molecule is CC(=O)N1CCN(Cc2cccc(OCCCn3cccn3)c2)CC(O)(COc2ccc(C)cc2)C1. The molecule has 1 saturated heterocycles. The van der Waals surface area contributed by atoms with E-state index >= 15 is 0 Å². The molecular weight excluding hydrogens is 456 g/mol. The van der Waals surface area contributed by atoms with Crippen LogP contribution < -0.4 is 9.47 Å². The summed E-state index contributed by atoms with van der Waals surface area (Å²) < 4.78 is 13.8. The van der Waals surface area contributed by atoms with Crippen molar-refractivity contribution in [3.05, 3.63) is 78.1 Å². The number of nitrogens with zero attached hydrogens (tertiary/aromatic N) is 4. The molecule has 4 rings (SSSR count). The molecule has 1 unspecified atom stereocenters. The van der Waals surface area contributed by atoms with Gasteiger partial charge < -0.3 is 19.5 Å². The third-order valence-electron chi connectivity index (χ3n) is 6.33. The molecule has 192 valence electrons. The van der Waals surface area contributed by atoms with Crippen molar-refractivity contribution in [2.24, 2.45) is 0 Å². The highest BCUT2D eigenvalue weighted by atomic mass is 16.5. The normalized spacial score (nSPS) is 18.6. The summed E-state index contributed by atoms with van der Waals surface area (Å²) in [5, 5.41) is 15.7. The molecule has 3 aromatic rings. The number of carbonyl (C=O) groups excluding carboxylic acids is 1. The molecule has 1 fully saturated rings. The van der Waals surface area contributed by atoms with E-state index in [4.69, 9.17) is 9.47 Å². The summed E-state index contributed by atoms with van der Waals surface area (Å²) in [6.07, 6.45) is 4.59. The van der Waals surface area contributed by atoms with E-state index in [9.17, 15) is 9.90 Å². The van der Waals surface area contributed by atoms with Gasteiger partial charge in [0, 0.05) is 58.5 Å². The van der Waals surface area contributed by atoms with Crippen molar-refractivity contribution in [3.8, 4) is 11.5 Å². The van der Waals surface area contributed by atoms with Gasteiger partial charge in [-0.1, -0.05) is 29.8 Å². The number of carbonyl (C=O) groups is 1. The fourth-order valence-electron chi connectivity index (χ4n) is 4.43. The number of ether oxygens (including phenoxy) is 2. The van der Waals surface area contributed by atoms with E-state index in [-0.39, 0.29) is 19.1 Å². The quantitative estimate of drug-likeness (QED) is 0.438. The topological polar surface area (TPSA) is 80.1 Å². The number of amides is 1. The molecule has 1 amide bonds. The van der Waals surface area contributed by atoms with Crippen molar-refractivity contribution >= 4 is 5.91 Å². The third kappa shape index (κ3) is 7.57. The molecule has 8 nitrogen and oxygen atoms in total. The summed E-state index contributed by atoms with van der Waals surface area (Å²) in [6.45, 7) is 7.61. The Kier molecular flexibility index (Phi) is 8.61. The molecule has 1 aliphatic rings. The van der Waals surface area contributed by atoms with E-state index in [2.05, 4.69) is 16.1 Å². The number of β-amino-alcohol motifs (C(OH)–C–C–N with tert-alkyl or cyclic N) is 1. The Balaban J connectivity index is 1.36. The molecule has 1 aromatic heterocycles. The van der Waals surface area contributed by atoms with Gasteiger partial charge in [0.1, 0.15) is 23.7 Å². The maximum absolute atomic E-state index is 12.2. The summed E-state index contributed by atoms with van der Waals surface area (Å²) in [5.74, 6) is 1.49. The van der Waals surface area contributed by atoms with Gasteiger partial charge in [0.25, 0.3) is 0 Å². The Morgan fingerprint density at radius 3 is 2.64 bits per heavy atom. The summed E-state index contributed by atoms with van der Waals surface area (Å²) >= 11 is 0. The summed E-state index contributed by atoms with van der Waals surface area (Å²) in [5.41, 5.74) is 1.06. The summed E-state index contributed by atoms with van der Waals surface area (Å²) in [4.78, 5) is 16.1. The standard InChI is InChI=1S/C28H36N4O4/c1-23-8-10-26(11-9-23)36-22-28(34)20-30(15-16-31(21-28)24(2)33)19-25-6-3-7-27(18-25)35-17-5-14-32-13-4-12-29-32/h3-4,6-13,18,34H,5,14-17,19-22H2,1-2H3. The Labute approximate surface area is 213 Å². The maximum atomic E-state index is 12.2. The van der Waals surface area contributed by atoms with Crippen molar-refractivity contribution in [1.29, 1.82) is 0 Å². The lowest BCUT2D eigenvalue weighted by Gasteiger charge is -2.32. The molecule has 0 radical (unpaired) electrons. The molecule has 1 atom stereocenters. The highest BCUT2D eigenvalue weighted by Crippen LogP contribution is 2.21. The Morgan fingerprint density at radius 2 is 1.89 bits per heavy atom. The lowest BCUT2D eigenvalue weighted by Crippen LogP contribution is -2.51. The van der Waals surface area contributed by atoms with Crippen LogP contribution in [0.25, 0.3) is 0 Å². The van der Waals surface area contributed by atoms with E-state index < -0.39 is 5.60 Å². The number of rotatable bonds is 10. The number of aromatic nitrogens is 2. The molecular formula is C28H36N4O4. The van der Waals surface area contributed by atoms with Crippen molar-refractivity contribution in [3.63, 3.8) is 0 Å². The first-order valence-electron chi connectivity index (χ1n) is 12.5. The second-order valence-electron chi connectivity index (χ2n) is 9.60. The molecule has 0 saturated carbocycles. The number of aliphatic hydroxyl groups is 1. The molecule has 1 aliphatic heterocycles. The Bertz CT molecular complexity index is 1100. The minimum Gasteiger partial charge on any atom is -0.494 e. The first kappa shape index (κ1) is 25.7. The summed E-state index contributed by atoms with van der Waals surface area (Å²) in [6, 6.07) is 17.7. The maximum Gasteiger partial charge on any atom is 0.219 e. The van der Waals surface area contributed by atoms with E-state index in [0.29, 0.717) is 38.5 Å². The zero-order valence-corrected chi connectivity index (χ0v) is 21.2. The lowest BCUT2D eigenvalue weighted by molar-refractivity contribution is -0.132. The van der Waals surface area contributed by atoms with Gasteiger partial charge in [-0.25, -0.2) is 0 Å². The van der Waals surface area contributed by atoms with E-state index in [1.807, 2.05) is 66.3 Å². The van der Waals surface area contributed by atoms with Gasteiger partial charge in [-0.2, -0.15) is 5.10 Å². The minimum atomic E-state index is -1.19. The van der Waals surface area contributed by atoms with E-state index in [0.717, 1.165) is 29.8 Å². The van der Waals surface area contributed by atoms with E-state index in [1.54, 1.807) is 18.0 Å². The van der Waals surface area contributed by atoms with Crippen LogP contribution in [0.2, 0.25) is 0 Å². The predicted octanol–water partition coefficient (Wildman–Crippen LogP) is 3.13. The molecule has 2 aromatic carbocycles. The molecule has 0 bridgehead atoms. The number of aryl methyl sites for hydroxylation is 2. The number of benzene rings is 2. The van der Waals surface area contributed by atoms with Crippen molar-refractivity contribution < 1.29 is 19.4 Å². The van der Waals surface area contributed by atoms with Crippen molar-refractivity contribution in [2.75, 3.05) is 39.4 Å². The van der Waals surface area contributed by atoms with Crippen LogP contribution in [0, 0.1) is 6.92 Å². The first-order chi connectivity index (χ1) is 17.4. The molecule has 1 N–H and O–H groups in total. The Morgan fingerprint density at radius 1 is 1.06 bits per heavy atom. The van der Waals surface area contributed by atoms with Crippen molar-refractivity contribution in [2.45, 2.75) is 39.0 Å². The van der Waals surface area contributed by atoms with Gasteiger partial charge in [-0.15, -0.1) is 0 Å². The van der Waals surface area contributed by atoms with Crippen LogP contribution in [0.4, 0.5) is 0 Å². The van der Waals surface area contributed by atoms with E-state index in [1.165, 1.54) is 0 Å². The fourth-order valence-corrected chi connectivity index (χ4v) is 4.43. The average molecular weight is 493 g/mol. The zero-order chi connectivity index (χ0) is 25.4. The number of hydrogen-bond donors (Lipinski definition) is 1. The van der Waals surface area contributed by atoms with Crippen LogP contribution in [0.15, 0.2) is 67.0 Å². The lowest BCUT2D eigenvalue weighted by atomic mass is 10.0. The van der Waals surface area contributed by atoms with Crippen LogP contribution in [-0.4, -0.2) is 75.6 Å². The third-order valence-corrected chi connectivity index (χ3v) is 6.33. The van der Waals surface area contributed by atoms with Gasteiger partial charge in [-0.3, -0.25) is 14.4 Å². The molecule has 2 heterocycles. The monoisotopic (exact) mass is 492 g/mol. The van der Waals surface area contributed by atoms with Crippen LogP contribution in [0.5, 0.6) is 11.5 Å². The highest BCUT2D eigenvalue weighted by Gasteiger charge is 2.36. The first-order valence-corrected chi connectivity index (χ1v) is 12.5. The average Bonchev–Trinajstić information content (AvgIpc) is 3.32. The zero-order valence-electron chi connectivity index (χ0n) is 21.2. The second-order valence-corrected chi connectivity index (χ2v) is 9.60. The van der Waals surface area contributed by atoms with Gasteiger partial charge in [0.15, 0.2) is 0 Å². The predicted molar refractivity (Wildman–Crippen MR) is 138 cm³/mol. The van der Waals surface area contributed by atoms with Gasteiger partial charge in [-0.05, 0) is 42.8 Å². The largest absolute Gasteiger partial charge is 0.494 e. The van der Waals surface area contributed by atoms with Crippen molar-refractivity contribution in [1.82, 2.24) is 19.6 Å². The molecule has 0 aliphatic carbocycles. The Hall–Kier alpha value is -3.36. The van der Waals surface area contributed by atoms with Crippen LogP contribution >= 0.6 is 0 Å². The van der Waals surface area contributed by atoms with Gasteiger partial charge in [0.2, 0.25) is 5.91 Å². The van der Waals surface area contributed by atoms with Gasteiger partial charge >= 0.3 is 0 Å². The van der Waals surface area contributed by atoms with Crippen LogP contribution in [0.1, 0.15) is 24.5 Å². The highest BCUT2D eigenvalue weighted by molar-refractivity contribution is 5.73. The number of hydrogen-bond acceptors (Lipinski definition) is 6. The van der Waals surface area contributed by atoms with Crippen LogP contribution in [-0.2, 0) is 17.9 Å². The molecule has 0 spiro atoms. The fraction of sp³-hybridized carbons (Fsp3) is 0.429. The minimum absolute atomic E-state index is 0.0453. The van der Waals surface area contributed by atoms with Crippen LogP contribution in [0.3, 0.4) is 0 Å². The molecule has 8 heteroatoms. The summed E-state index contributed by atoms with van der Waals surface area (Å²) in [7, 11) is 0.